The third-order valence-corrected chi connectivity index (χ3v) is 6.07. The average molecular weight is 525 g/mol. The Morgan fingerprint density at radius 3 is 1.23 bits per heavy atom. The first kappa shape index (κ1) is 27.7. The number of ketones is 2. The Balaban J connectivity index is 1.12. The van der Waals surface area contributed by atoms with Crippen LogP contribution in [0.15, 0.2) is 109 Å². The molecule has 0 aliphatic carbocycles. The molecule has 0 heterocycles. The molecule has 0 spiro atoms. The van der Waals surface area contributed by atoms with Gasteiger partial charge in [-0.3, -0.25) is 9.59 Å². The molecule has 2 unspecified atom stereocenters. The van der Waals surface area contributed by atoms with Gasteiger partial charge in [0.25, 0.3) is 0 Å². The molecule has 0 aromatic heterocycles. The highest BCUT2D eigenvalue weighted by atomic mass is 16.5. The van der Waals surface area contributed by atoms with E-state index in [-0.39, 0.29) is 37.9 Å². The third kappa shape index (κ3) is 8.35. The summed E-state index contributed by atoms with van der Waals surface area (Å²) in [5.74, 6) is -0.0855. The van der Waals surface area contributed by atoms with Crippen molar-refractivity contribution in [3.63, 3.8) is 0 Å². The van der Waals surface area contributed by atoms with Crippen LogP contribution < -0.4 is 10.6 Å². The number of aliphatic hydroxyl groups is 2. The molecule has 0 aliphatic rings. The maximum atomic E-state index is 12.5. The minimum absolute atomic E-state index is 0.0428. The van der Waals surface area contributed by atoms with Crippen molar-refractivity contribution in [2.45, 2.75) is 12.2 Å². The normalized spacial score (nSPS) is 12.4. The number of hydrogen-bond acceptors (Lipinski definition) is 7. The molecule has 39 heavy (non-hydrogen) atoms. The predicted octanol–water partition coefficient (Wildman–Crippen LogP) is 4.41. The summed E-state index contributed by atoms with van der Waals surface area (Å²) in [7, 11) is 0. The zero-order valence-corrected chi connectivity index (χ0v) is 21.5. The van der Waals surface area contributed by atoms with Crippen LogP contribution in [0.25, 0.3) is 0 Å². The Kier molecular flexibility index (Phi) is 9.97. The molecule has 0 saturated carbocycles. The van der Waals surface area contributed by atoms with Crippen LogP contribution in [0.1, 0.15) is 31.8 Å². The van der Waals surface area contributed by atoms with Crippen molar-refractivity contribution in [3.8, 4) is 0 Å². The van der Waals surface area contributed by atoms with Crippen LogP contribution in [-0.4, -0.2) is 60.3 Å². The fourth-order valence-corrected chi connectivity index (χ4v) is 3.92. The van der Waals surface area contributed by atoms with Crippen molar-refractivity contribution in [1.29, 1.82) is 0 Å². The highest BCUT2D eigenvalue weighted by Crippen LogP contribution is 2.15. The lowest BCUT2D eigenvalue weighted by Crippen LogP contribution is -2.29. The molecule has 4 N–H and O–H groups in total. The summed E-state index contributed by atoms with van der Waals surface area (Å²) in [6, 6.07) is 32.4. The van der Waals surface area contributed by atoms with Crippen LogP contribution in [0.5, 0.6) is 0 Å². The number of benzene rings is 4. The van der Waals surface area contributed by atoms with Crippen molar-refractivity contribution >= 4 is 22.9 Å². The zero-order valence-electron chi connectivity index (χ0n) is 21.5. The molecule has 0 amide bonds. The van der Waals surface area contributed by atoms with Gasteiger partial charge in [-0.2, -0.15) is 0 Å². The SMILES string of the molecule is O=C(c1ccccc1)c1ccc(NCC(O)COCC(O)CNc2ccc(C(=O)c3ccccc3)cc2)cc1. The maximum absolute atomic E-state index is 12.5. The van der Waals surface area contributed by atoms with Crippen LogP contribution in [0.3, 0.4) is 0 Å². The molecule has 2 atom stereocenters. The van der Waals surface area contributed by atoms with Gasteiger partial charge in [-0.1, -0.05) is 60.7 Å². The van der Waals surface area contributed by atoms with E-state index in [4.69, 9.17) is 4.74 Å². The summed E-state index contributed by atoms with van der Waals surface area (Å²) in [5, 5.41) is 26.7. The number of ether oxygens (including phenoxy) is 1. The van der Waals surface area contributed by atoms with E-state index >= 15 is 0 Å². The van der Waals surface area contributed by atoms with E-state index in [0.717, 1.165) is 11.4 Å². The van der Waals surface area contributed by atoms with E-state index in [1.807, 2.05) is 36.4 Å². The van der Waals surface area contributed by atoms with E-state index in [1.165, 1.54) is 0 Å². The number of hydrogen-bond donors (Lipinski definition) is 4. The van der Waals surface area contributed by atoms with Crippen LogP contribution in [0, 0.1) is 0 Å². The van der Waals surface area contributed by atoms with Gasteiger partial charge in [-0.25, -0.2) is 0 Å². The second-order valence-electron chi connectivity index (χ2n) is 9.15. The minimum atomic E-state index is -0.773. The maximum Gasteiger partial charge on any atom is 0.193 e. The molecular weight excluding hydrogens is 492 g/mol. The smallest absolute Gasteiger partial charge is 0.193 e. The van der Waals surface area contributed by atoms with Gasteiger partial charge in [0.15, 0.2) is 11.6 Å². The van der Waals surface area contributed by atoms with Crippen LogP contribution in [0.4, 0.5) is 11.4 Å². The Labute approximate surface area is 228 Å². The van der Waals surface area contributed by atoms with Crippen molar-refractivity contribution < 1.29 is 24.5 Å². The molecule has 0 bridgehead atoms. The van der Waals surface area contributed by atoms with Crippen LogP contribution in [0.2, 0.25) is 0 Å². The zero-order chi connectivity index (χ0) is 27.5. The van der Waals surface area contributed by atoms with Gasteiger partial charge in [0.2, 0.25) is 0 Å². The predicted molar refractivity (Wildman–Crippen MR) is 152 cm³/mol. The van der Waals surface area contributed by atoms with E-state index < -0.39 is 12.2 Å². The summed E-state index contributed by atoms with van der Waals surface area (Å²) in [4.78, 5) is 25.0. The van der Waals surface area contributed by atoms with E-state index in [2.05, 4.69) is 10.6 Å². The molecule has 0 fully saturated rings. The van der Waals surface area contributed by atoms with E-state index in [9.17, 15) is 19.8 Å². The van der Waals surface area contributed by atoms with Crippen molar-refractivity contribution in [2.24, 2.45) is 0 Å². The first-order valence-corrected chi connectivity index (χ1v) is 12.8. The van der Waals surface area contributed by atoms with Crippen LogP contribution in [-0.2, 0) is 4.74 Å². The number of carbonyl (C=O) groups is 2. The van der Waals surface area contributed by atoms with Gasteiger partial charge in [0.05, 0.1) is 25.4 Å². The first-order chi connectivity index (χ1) is 19.0. The summed E-state index contributed by atoms with van der Waals surface area (Å²) < 4.78 is 5.46. The minimum Gasteiger partial charge on any atom is -0.389 e. The summed E-state index contributed by atoms with van der Waals surface area (Å²) in [6.45, 7) is 0.638. The molecule has 4 aromatic carbocycles. The van der Waals surface area contributed by atoms with Gasteiger partial charge < -0.3 is 25.6 Å². The lowest BCUT2D eigenvalue weighted by molar-refractivity contribution is 0.000595. The lowest BCUT2D eigenvalue weighted by atomic mass is 10.0. The molecule has 200 valence electrons. The average Bonchev–Trinajstić information content (AvgIpc) is 2.99. The molecular formula is C32H32N2O5. The molecule has 7 heteroatoms. The van der Waals surface area contributed by atoms with Gasteiger partial charge in [0.1, 0.15) is 0 Å². The Hall–Kier alpha value is -4.30. The molecule has 0 saturated heterocycles. The Morgan fingerprint density at radius 2 is 0.872 bits per heavy atom. The largest absolute Gasteiger partial charge is 0.389 e. The van der Waals surface area contributed by atoms with Gasteiger partial charge in [-0.15, -0.1) is 0 Å². The summed E-state index contributed by atoms with van der Waals surface area (Å²) in [6.07, 6.45) is -1.55. The van der Waals surface area contributed by atoms with Gasteiger partial charge in [-0.05, 0) is 48.5 Å². The van der Waals surface area contributed by atoms with Gasteiger partial charge in [0, 0.05) is 46.7 Å². The molecule has 4 aromatic rings. The Bertz CT molecular complexity index is 1220. The number of carbonyl (C=O) groups excluding carboxylic acids is 2. The summed E-state index contributed by atoms with van der Waals surface area (Å²) >= 11 is 0. The topological polar surface area (TPSA) is 108 Å². The highest BCUT2D eigenvalue weighted by Gasteiger charge is 2.11. The molecule has 4 rings (SSSR count). The molecule has 0 aliphatic heterocycles. The second-order valence-corrected chi connectivity index (χ2v) is 9.15. The van der Waals surface area contributed by atoms with E-state index in [0.29, 0.717) is 22.3 Å². The fraction of sp³-hybridized carbons (Fsp3) is 0.188. The lowest BCUT2D eigenvalue weighted by Gasteiger charge is -2.16. The van der Waals surface area contributed by atoms with Crippen molar-refractivity contribution in [3.05, 3.63) is 131 Å². The number of aliphatic hydroxyl groups excluding tert-OH is 2. The first-order valence-electron chi connectivity index (χ1n) is 12.8. The Morgan fingerprint density at radius 1 is 0.538 bits per heavy atom. The molecule has 0 radical (unpaired) electrons. The highest BCUT2D eigenvalue weighted by molar-refractivity contribution is 6.09. The quantitative estimate of drug-likeness (QED) is 0.181. The summed E-state index contributed by atoms with van der Waals surface area (Å²) in [5.41, 5.74) is 4.01. The van der Waals surface area contributed by atoms with Crippen LogP contribution >= 0.6 is 0 Å². The van der Waals surface area contributed by atoms with E-state index in [1.54, 1.807) is 72.8 Å². The number of anilines is 2. The monoisotopic (exact) mass is 524 g/mol. The van der Waals surface area contributed by atoms with Crippen molar-refractivity contribution in [1.82, 2.24) is 0 Å². The third-order valence-electron chi connectivity index (χ3n) is 6.07. The van der Waals surface area contributed by atoms with Crippen molar-refractivity contribution in [2.75, 3.05) is 36.9 Å². The second kappa shape index (κ2) is 14.0. The van der Waals surface area contributed by atoms with Gasteiger partial charge >= 0.3 is 0 Å². The number of nitrogens with one attached hydrogen (secondary N) is 2. The molecule has 7 nitrogen and oxygen atoms in total. The fourth-order valence-electron chi connectivity index (χ4n) is 3.92. The standard InChI is InChI=1S/C32H32N2O5/c35-29(19-33-27-15-11-25(12-16-27)31(37)23-7-3-1-4-8-23)21-39-22-30(36)20-34-28-17-13-26(14-18-28)32(38)24-9-5-2-6-10-24/h1-18,29-30,33-36H,19-22H2. The number of rotatable bonds is 14.